The number of carbonyl (C=O) groups is 1. The maximum Gasteiger partial charge on any atom is 0.222 e. The van der Waals surface area contributed by atoms with Gasteiger partial charge in [0.1, 0.15) is 0 Å². The zero-order chi connectivity index (χ0) is 14.5. The molecule has 2 N–H and O–H groups in total. The second-order valence-electron chi connectivity index (χ2n) is 6.01. The fraction of sp³-hybridized carbons (Fsp3) is 0.588. The largest absolute Gasteiger partial charge is 0.373 e. The lowest BCUT2D eigenvalue weighted by Gasteiger charge is -2.25. The van der Waals surface area contributed by atoms with E-state index in [0.29, 0.717) is 13.0 Å². The molecule has 1 aromatic carbocycles. The highest BCUT2D eigenvalue weighted by Gasteiger charge is 2.23. The molecule has 2 aliphatic rings. The van der Waals surface area contributed by atoms with Crippen molar-refractivity contribution in [1.29, 1.82) is 0 Å². The zero-order valence-electron chi connectivity index (χ0n) is 12.4. The van der Waals surface area contributed by atoms with Gasteiger partial charge in [-0.3, -0.25) is 4.79 Å². The van der Waals surface area contributed by atoms with E-state index in [1.54, 1.807) is 0 Å². The summed E-state index contributed by atoms with van der Waals surface area (Å²) in [6.45, 7) is 3.70. The Bertz CT molecular complexity index is 483. The third kappa shape index (κ3) is 3.83. The maximum atomic E-state index is 12.1. The summed E-state index contributed by atoms with van der Waals surface area (Å²) in [6.07, 6.45) is 3.60. The van der Waals surface area contributed by atoms with Crippen molar-refractivity contribution in [3.63, 3.8) is 0 Å². The van der Waals surface area contributed by atoms with Crippen molar-refractivity contribution in [1.82, 2.24) is 10.6 Å². The van der Waals surface area contributed by atoms with E-state index in [-0.39, 0.29) is 12.0 Å². The molecule has 2 aliphatic heterocycles. The van der Waals surface area contributed by atoms with Crippen molar-refractivity contribution < 1.29 is 9.53 Å². The van der Waals surface area contributed by atoms with Crippen molar-refractivity contribution in [3.8, 4) is 0 Å². The summed E-state index contributed by atoms with van der Waals surface area (Å²) in [5.41, 5.74) is 2.50. The van der Waals surface area contributed by atoms with Crippen molar-refractivity contribution in [2.45, 2.75) is 31.8 Å². The van der Waals surface area contributed by atoms with E-state index in [2.05, 4.69) is 28.8 Å². The van der Waals surface area contributed by atoms with Crippen LogP contribution in [0.1, 0.15) is 36.5 Å². The van der Waals surface area contributed by atoms with E-state index in [9.17, 15) is 4.79 Å². The lowest BCUT2D eigenvalue weighted by Crippen LogP contribution is -2.29. The first-order valence-corrected chi connectivity index (χ1v) is 8.00. The van der Waals surface area contributed by atoms with Gasteiger partial charge >= 0.3 is 0 Å². The number of nitrogens with one attached hydrogen (secondary N) is 2. The summed E-state index contributed by atoms with van der Waals surface area (Å²) in [6, 6.07) is 8.29. The highest BCUT2D eigenvalue weighted by Crippen LogP contribution is 2.29. The molecule has 0 spiro atoms. The standard InChI is InChI=1S/C17H24N2O2/c20-17(19-9-6-13-5-8-18-12-13)11-16-15-4-2-1-3-14(15)7-10-21-16/h1-4,13,16,18H,5-12H2,(H,19,20). The Morgan fingerprint density at radius 1 is 1.38 bits per heavy atom. The van der Waals surface area contributed by atoms with Crippen LogP contribution < -0.4 is 10.6 Å². The van der Waals surface area contributed by atoms with Crippen LogP contribution in [0.3, 0.4) is 0 Å². The van der Waals surface area contributed by atoms with Crippen LogP contribution in [0.15, 0.2) is 24.3 Å². The molecule has 1 saturated heterocycles. The summed E-state index contributed by atoms with van der Waals surface area (Å²) in [5.74, 6) is 0.819. The number of fused-ring (bicyclic) bond motifs is 1. The summed E-state index contributed by atoms with van der Waals surface area (Å²) in [7, 11) is 0. The first kappa shape index (κ1) is 14.5. The van der Waals surface area contributed by atoms with Gasteiger partial charge in [-0.25, -0.2) is 0 Å². The van der Waals surface area contributed by atoms with E-state index < -0.39 is 0 Å². The van der Waals surface area contributed by atoms with Crippen molar-refractivity contribution in [3.05, 3.63) is 35.4 Å². The molecule has 114 valence electrons. The molecule has 0 bridgehead atoms. The highest BCUT2D eigenvalue weighted by atomic mass is 16.5. The molecule has 2 heterocycles. The normalized spacial score (nSPS) is 24.6. The third-order valence-corrected chi connectivity index (χ3v) is 4.50. The monoisotopic (exact) mass is 288 g/mol. The van der Waals surface area contributed by atoms with Crippen LogP contribution in [-0.4, -0.2) is 32.1 Å². The molecule has 1 fully saturated rings. The molecule has 2 atom stereocenters. The molecular formula is C17H24N2O2. The minimum atomic E-state index is -0.0805. The van der Waals surface area contributed by atoms with Crippen LogP contribution in [0.25, 0.3) is 0 Å². The van der Waals surface area contributed by atoms with E-state index >= 15 is 0 Å². The molecule has 4 nitrogen and oxygen atoms in total. The van der Waals surface area contributed by atoms with Gasteiger partial charge in [-0.15, -0.1) is 0 Å². The predicted octanol–water partition coefficient (Wildman–Crippen LogP) is 1.81. The molecule has 21 heavy (non-hydrogen) atoms. The minimum Gasteiger partial charge on any atom is -0.373 e. The van der Waals surface area contributed by atoms with Crippen molar-refractivity contribution >= 4 is 5.91 Å². The number of rotatable bonds is 5. The fourth-order valence-electron chi connectivity index (χ4n) is 3.26. The van der Waals surface area contributed by atoms with Gasteiger partial charge in [0, 0.05) is 6.54 Å². The number of benzene rings is 1. The van der Waals surface area contributed by atoms with Crippen LogP contribution in [0, 0.1) is 5.92 Å². The summed E-state index contributed by atoms with van der Waals surface area (Å²) >= 11 is 0. The highest BCUT2D eigenvalue weighted by molar-refractivity contribution is 5.76. The predicted molar refractivity (Wildman–Crippen MR) is 82.1 cm³/mol. The average molecular weight is 288 g/mol. The average Bonchev–Trinajstić information content (AvgIpc) is 3.01. The van der Waals surface area contributed by atoms with Crippen molar-refractivity contribution in [2.75, 3.05) is 26.2 Å². The molecular weight excluding hydrogens is 264 g/mol. The first-order valence-electron chi connectivity index (χ1n) is 8.00. The maximum absolute atomic E-state index is 12.1. The smallest absolute Gasteiger partial charge is 0.222 e. The summed E-state index contributed by atoms with van der Waals surface area (Å²) in [4.78, 5) is 12.1. The first-order chi connectivity index (χ1) is 10.3. The zero-order valence-corrected chi connectivity index (χ0v) is 12.4. The van der Waals surface area contributed by atoms with Crippen LogP contribution in [0.2, 0.25) is 0 Å². The van der Waals surface area contributed by atoms with Gasteiger partial charge in [-0.2, -0.15) is 0 Å². The van der Waals surface area contributed by atoms with Gasteiger partial charge in [-0.1, -0.05) is 24.3 Å². The van der Waals surface area contributed by atoms with Gasteiger partial charge in [-0.05, 0) is 49.4 Å². The van der Waals surface area contributed by atoms with Gasteiger partial charge < -0.3 is 15.4 Å². The number of hydrogen-bond donors (Lipinski definition) is 2. The Hall–Kier alpha value is -1.39. The Morgan fingerprint density at radius 2 is 2.29 bits per heavy atom. The number of hydrogen-bond acceptors (Lipinski definition) is 3. The Kier molecular flexibility index (Phi) is 4.88. The third-order valence-electron chi connectivity index (χ3n) is 4.50. The van der Waals surface area contributed by atoms with Crippen molar-refractivity contribution in [2.24, 2.45) is 5.92 Å². The quantitative estimate of drug-likeness (QED) is 0.869. The minimum absolute atomic E-state index is 0.0805. The molecule has 3 rings (SSSR count). The summed E-state index contributed by atoms with van der Waals surface area (Å²) < 4.78 is 5.78. The number of ether oxygens (including phenoxy) is 1. The number of amides is 1. The van der Waals surface area contributed by atoms with E-state index in [0.717, 1.165) is 38.4 Å². The van der Waals surface area contributed by atoms with Crippen LogP contribution in [0.5, 0.6) is 0 Å². The Balaban J connectivity index is 1.46. The molecule has 1 amide bonds. The topological polar surface area (TPSA) is 50.4 Å². The van der Waals surface area contributed by atoms with Gasteiger partial charge in [0.05, 0.1) is 19.1 Å². The van der Waals surface area contributed by atoms with Gasteiger partial charge in [0.2, 0.25) is 5.91 Å². The molecule has 1 aromatic rings. The Labute approximate surface area is 126 Å². The van der Waals surface area contributed by atoms with Crippen LogP contribution in [0.4, 0.5) is 0 Å². The SMILES string of the molecule is O=C(CC1OCCc2ccccc21)NCCC1CCNC1. The molecule has 0 saturated carbocycles. The molecule has 2 unspecified atom stereocenters. The van der Waals surface area contributed by atoms with E-state index in [4.69, 9.17) is 4.74 Å². The summed E-state index contributed by atoms with van der Waals surface area (Å²) in [5, 5.41) is 6.40. The van der Waals surface area contributed by atoms with Gasteiger partial charge in [0.25, 0.3) is 0 Å². The molecule has 0 aliphatic carbocycles. The van der Waals surface area contributed by atoms with Crippen LogP contribution in [-0.2, 0) is 16.0 Å². The molecule has 0 aromatic heterocycles. The van der Waals surface area contributed by atoms with E-state index in [1.165, 1.54) is 17.5 Å². The fourth-order valence-corrected chi connectivity index (χ4v) is 3.26. The molecule has 0 radical (unpaired) electrons. The molecule has 4 heteroatoms. The van der Waals surface area contributed by atoms with Gasteiger partial charge in [0.15, 0.2) is 0 Å². The number of carbonyl (C=O) groups excluding carboxylic acids is 1. The lowest BCUT2D eigenvalue weighted by molar-refractivity contribution is -0.124. The Morgan fingerprint density at radius 3 is 3.14 bits per heavy atom. The lowest BCUT2D eigenvalue weighted by atomic mass is 9.95. The second-order valence-corrected chi connectivity index (χ2v) is 6.01. The van der Waals surface area contributed by atoms with E-state index in [1.807, 2.05) is 6.07 Å². The second kappa shape index (κ2) is 7.05. The van der Waals surface area contributed by atoms with Crippen LogP contribution >= 0.6 is 0 Å².